The molecular weight excluding hydrogens is 184 g/mol. The second-order valence-electron chi connectivity index (χ2n) is 3.28. The van der Waals surface area contributed by atoms with E-state index in [4.69, 9.17) is 10.8 Å². The SMILES string of the molecule is CC(NCCCCCC(=O)O)C(N)=O. The monoisotopic (exact) mass is 202 g/mol. The molecule has 4 N–H and O–H groups in total. The summed E-state index contributed by atoms with van der Waals surface area (Å²) in [6.45, 7) is 2.41. The number of nitrogens with two attached hydrogens (primary N) is 1. The summed E-state index contributed by atoms with van der Waals surface area (Å²) >= 11 is 0. The fraction of sp³-hybridized carbons (Fsp3) is 0.778. The highest BCUT2D eigenvalue weighted by Gasteiger charge is 2.05. The first-order chi connectivity index (χ1) is 6.54. The van der Waals surface area contributed by atoms with Gasteiger partial charge in [0.05, 0.1) is 6.04 Å². The number of unbranched alkanes of at least 4 members (excludes halogenated alkanes) is 2. The number of carbonyl (C=O) groups excluding carboxylic acids is 1. The van der Waals surface area contributed by atoms with Crippen molar-refractivity contribution < 1.29 is 14.7 Å². The van der Waals surface area contributed by atoms with Gasteiger partial charge in [-0.1, -0.05) is 6.42 Å². The van der Waals surface area contributed by atoms with E-state index in [1.165, 1.54) is 0 Å². The molecular formula is C9H18N2O3. The van der Waals surface area contributed by atoms with Gasteiger partial charge in [-0.15, -0.1) is 0 Å². The van der Waals surface area contributed by atoms with Crippen LogP contribution in [-0.4, -0.2) is 29.6 Å². The molecule has 82 valence electrons. The molecule has 0 aromatic rings. The lowest BCUT2D eigenvalue weighted by Crippen LogP contribution is -2.39. The summed E-state index contributed by atoms with van der Waals surface area (Å²) < 4.78 is 0. The van der Waals surface area contributed by atoms with Gasteiger partial charge < -0.3 is 16.2 Å². The zero-order valence-electron chi connectivity index (χ0n) is 8.45. The molecule has 0 saturated heterocycles. The van der Waals surface area contributed by atoms with Crippen molar-refractivity contribution in [2.75, 3.05) is 6.54 Å². The molecule has 1 unspecified atom stereocenters. The molecule has 0 radical (unpaired) electrons. The number of hydrogen-bond acceptors (Lipinski definition) is 3. The topological polar surface area (TPSA) is 92.4 Å². The lowest BCUT2D eigenvalue weighted by Gasteiger charge is -2.08. The van der Waals surface area contributed by atoms with Crippen LogP contribution in [0.25, 0.3) is 0 Å². The molecule has 1 atom stereocenters. The highest BCUT2D eigenvalue weighted by molar-refractivity contribution is 5.79. The van der Waals surface area contributed by atoms with Crippen LogP contribution < -0.4 is 11.1 Å². The van der Waals surface area contributed by atoms with E-state index in [0.717, 1.165) is 12.8 Å². The Bertz CT molecular complexity index is 194. The van der Waals surface area contributed by atoms with Crippen molar-refractivity contribution in [2.45, 2.75) is 38.6 Å². The molecule has 0 aliphatic heterocycles. The average molecular weight is 202 g/mol. The van der Waals surface area contributed by atoms with Crippen molar-refractivity contribution >= 4 is 11.9 Å². The fourth-order valence-electron chi connectivity index (χ4n) is 0.997. The van der Waals surface area contributed by atoms with Gasteiger partial charge >= 0.3 is 5.97 Å². The van der Waals surface area contributed by atoms with E-state index in [1.807, 2.05) is 0 Å². The van der Waals surface area contributed by atoms with Crippen LogP contribution in [0.4, 0.5) is 0 Å². The van der Waals surface area contributed by atoms with Crippen LogP contribution in [0.15, 0.2) is 0 Å². The zero-order chi connectivity index (χ0) is 11.0. The van der Waals surface area contributed by atoms with Gasteiger partial charge in [0.1, 0.15) is 0 Å². The number of aliphatic carboxylic acids is 1. The molecule has 0 aliphatic rings. The lowest BCUT2D eigenvalue weighted by atomic mass is 10.2. The van der Waals surface area contributed by atoms with Gasteiger partial charge in [0, 0.05) is 6.42 Å². The van der Waals surface area contributed by atoms with E-state index in [2.05, 4.69) is 5.32 Å². The second kappa shape index (κ2) is 7.32. The van der Waals surface area contributed by atoms with Crippen LogP contribution in [0, 0.1) is 0 Å². The van der Waals surface area contributed by atoms with Gasteiger partial charge in [-0.2, -0.15) is 0 Å². The Morgan fingerprint density at radius 1 is 1.36 bits per heavy atom. The van der Waals surface area contributed by atoms with Crippen LogP contribution in [-0.2, 0) is 9.59 Å². The third kappa shape index (κ3) is 7.54. The van der Waals surface area contributed by atoms with Gasteiger partial charge in [-0.25, -0.2) is 0 Å². The minimum atomic E-state index is -0.761. The largest absolute Gasteiger partial charge is 0.481 e. The number of primary amides is 1. The van der Waals surface area contributed by atoms with E-state index in [0.29, 0.717) is 13.0 Å². The Labute approximate surface area is 83.7 Å². The maximum Gasteiger partial charge on any atom is 0.303 e. The van der Waals surface area contributed by atoms with Gasteiger partial charge in [0.25, 0.3) is 0 Å². The predicted molar refractivity (Wildman–Crippen MR) is 52.8 cm³/mol. The summed E-state index contributed by atoms with van der Waals surface area (Å²) in [6, 6.07) is -0.311. The lowest BCUT2D eigenvalue weighted by molar-refractivity contribution is -0.137. The van der Waals surface area contributed by atoms with Crippen molar-refractivity contribution in [3.05, 3.63) is 0 Å². The maximum absolute atomic E-state index is 10.6. The fourth-order valence-corrected chi connectivity index (χ4v) is 0.997. The number of rotatable bonds is 8. The summed E-state index contributed by atoms with van der Waals surface area (Å²) in [7, 11) is 0. The second-order valence-corrected chi connectivity index (χ2v) is 3.28. The Morgan fingerprint density at radius 3 is 2.50 bits per heavy atom. The molecule has 0 aromatic carbocycles. The van der Waals surface area contributed by atoms with Crippen molar-refractivity contribution in [3.8, 4) is 0 Å². The minimum Gasteiger partial charge on any atom is -0.481 e. The Kier molecular flexibility index (Phi) is 6.74. The molecule has 14 heavy (non-hydrogen) atoms. The molecule has 0 bridgehead atoms. The van der Waals surface area contributed by atoms with Crippen LogP contribution in [0.1, 0.15) is 32.6 Å². The molecule has 1 amide bonds. The Morgan fingerprint density at radius 2 is 2.00 bits per heavy atom. The number of hydrogen-bond donors (Lipinski definition) is 3. The number of nitrogens with one attached hydrogen (secondary N) is 1. The van der Waals surface area contributed by atoms with Gasteiger partial charge in [0.15, 0.2) is 0 Å². The van der Waals surface area contributed by atoms with Crippen molar-refractivity contribution in [1.82, 2.24) is 5.32 Å². The molecule has 0 rings (SSSR count). The standard InChI is InChI=1S/C9H18N2O3/c1-7(9(10)14)11-6-4-2-3-5-8(12)13/h7,11H,2-6H2,1H3,(H2,10,14)(H,12,13). The number of carbonyl (C=O) groups is 2. The maximum atomic E-state index is 10.6. The summed E-state index contributed by atoms with van der Waals surface area (Å²) in [5.74, 6) is -1.13. The van der Waals surface area contributed by atoms with E-state index >= 15 is 0 Å². The predicted octanol–water partition coefficient (Wildman–Crippen LogP) is 0.0948. The smallest absolute Gasteiger partial charge is 0.303 e. The van der Waals surface area contributed by atoms with E-state index < -0.39 is 5.97 Å². The normalized spacial score (nSPS) is 12.4. The van der Waals surface area contributed by atoms with Crippen LogP contribution >= 0.6 is 0 Å². The third-order valence-corrected chi connectivity index (χ3v) is 1.94. The summed E-state index contributed by atoms with van der Waals surface area (Å²) in [4.78, 5) is 20.7. The van der Waals surface area contributed by atoms with Crippen LogP contribution in [0.2, 0.25) is 0 Å². The molecule has 0 aliphatic carbocycles. The van der Waals surface area contributed by atoms with Crippen LogP contribution in [0.3, 0.4) is 0 Å². The average Bonchev–Trinajstić information content (AvgIpc) is 2.09. The van der Waals surface area contributed by atoms with Crippen LogP contribution in [0.5, 0.6) is 0 Å². The van der Waals surface area contributed by atoms with Crippen molar-refractivity contribution in [3.63, 3.8) is 0 Å². The molecule has 0 aromatic heterocycles. The molecule has 5 nitrogen and oxygen atoms in total. The van der Waals surface area contributed by atoms with Gasteiger partial charge in [-0.05, 0) is 26.3 Å². The van der Waals surface area contributed by atoms with Crippen molar-refractivity contribution in [2.24, 2.45) is 5.73 Å². The molecule has 0 fully saturated rings. The number of carboxylic acids is 1. The Hall–Kier alpha value is -1.10. The van der Waals surface area contributed by atoms with E-state index in [1.54, 1.807) is 6.92 Å². The highest BCUT2D eigenvalue weighted by atomic mass is 16.4. The van der Waals surface area contributed by atoms with Gasteiger partial charge in [-0.3, -0.25) is 9.59 Å². The van der Waals surface area contributed by atoms with Crippen molar-refractivity contribution in [1.29, 1.82) is 0 Å². The molecule has 0 saturated carbocycles. The first-order valence-corrected chi connectivity index (χ1v) is 4.78. The number of amides is 1. The first kappa shape index (κ1) is 12.9. The first-order valence-electron chi connectivity index (χ1n) is 4.78. The van der Waals surface area contributed by atoms with Gasteiger partial charge in [0.2, 0.25) is 5.91 Å². The number of carboxylic acid groups (broad SMARTS) is 1. The van der Waals surface area contributed by atoms with E-state index in [9.17, 15) is 9.59 Å². The highest BCUT2D eigenvalue weighted by Crippen LogP contribution is 1.98. The third-order valence-electron chi connectivity index (χ3n) is 1.94. The molecule has 0 spiro atoms. The van der Waals surface area contributed by atoms with E-state index in [-0.39, 0.29) is 18.4 Å². The Balaban J connectivity index is 3.21. The quantitative estimate of drug-likeness (QED) is 0.486. The summed E-state index contributed by atoms with van der Waals surface area (Å²) in [5.41, 5.74) is 5.04. The minimum absolute atomic E-state index is 0.214. The summed E-state index contributed by atoms with van der Waals surface area (Å²) in [6.07, 6.45) is 2.61. The molecule has 5 heteroatoms. The summed E-state index contributed by atoms with van der Waals surface area (Å²) in [5, 5.41) is 11.3. The molecule has 0 heterocycles. The zero-order valence-corrected chi connectivity index (χ0v) is 8.45.